The summed E-state index contributed by atoms with van der Waals surface area (Å²) in [5, 5.41) is 0. The molecule has 0 atom stereocenters. The van der Waals surface area contributed by atoms with Crippen molar-refractivity contribution in [1.82, 2.24) is 0 Å². The molecule has 0 nitrogen and oxygen atoms in total. The Labute approximate surface area is 159 Å². The molecule has 0 bridgehead atoms. The standard InChI is InChI=1S/4GeH4.3U/h4*1H4;;;. The molecule has 0 spiro atoms. The minimum absolute atomic E-state index is 0. The van der Waals surface area contributed by atoms with E-state index in [0.29, 0.717) is 0 Å². The minimum Gasteiger partial charge on any atom is 0 e. The Kier molecular flexibility index (Phi) is 339. The number of rotatable bonds is 0. The molecule has 0 aliphatic rings. The third-order valence-corrected chi connectivity index (χ3v) is 0. The second-order valence-corrected chi connectivity index (χ2v) is 0. The minimum atomic E-state index is 0. The predicted octanol–water partition coefficient (Wildman–Crippen LogP) is -5.81. The predicted molar refractivity (Wildman–Crippen MR) is 45.3 cm³/mol. The number of hydrogen-bond acceptors (Lipinski definition) is 0. The van der Waals surface area contributed by atoms with Crippen LogP contribution in [-0.2, 0) is 0 Å². The Bertz CT molecular complexity index is 6.90. The second kappa shape index (κ2) is 42.6. The van der Waals surface area contributed by atoms with Crippen LogP contribution < -0.4 is 0 Å². The summed E-state index contributed by atoms with van der Waals surface area (Å²) in [6.07, 6.45) is 0. The van der Waals surface area contributed by atoms with Crippen LogP contribution in [0.15, 0.2) is 0 Å². The van der Waals surface area contributed by atoms with Crippen LogP contribution in [0, 0.1) is 93.3 Å². The van der Waals surface area contributed by atoms with Gasteiger partial charge < -0.3 is 0 Å². The van der Waals surface area contributed by atoms with Crippen molar-refractivity contribution in [2.45, 2.75) is 0 Å². The first-order valence-electron chi connectivity index (χ1n) is 0. The maximum absolute atomic E-state index is 0. The van der Waals surface area contributed by atoms with Gasteiger partial charge >= 0.3 is 70.4 Å². The molecule has 0 aromatic rings. The molecule has 0 rings (SSSR count). The maximum atomic E-state index is 0. The summed E-state index contributed by atoms with van der Waals surface area (Å²) in [6, 6.07) is 0. The van der Waals surface area contributed by atoms with Crippen LogP contribution in [0.5, 0.6) is 0 Å². The first-order chi connectivity index (χ1) is 0. The zero-order valence-corrected chi connectivity index (χ0v) is 14.0. The molecule has 7 heavy (non-hydrogen) atoms. The first kappa shape index (κ1) is 55.7. The molecule has 0 aliphatic carbocycles. The molecule has 0 aromatic carbocycles. The summed E-state index contributed by atoms with van der Waals surface area (Å²) in [5.74, 6) is 0. The van der Waals surface area contributed by atoms with Crippen molar-refractivity contribution >= 4 is 70.4 Å². The summed E-state index contributed by atoms with van der Waals surface area (Å²) in [6.45, 7) is 0. The molecule has 0 radical (unpaired) electrons. The number of hydrogen-bond donors (Lipinski definition) is 0. The van der Waals surface area contributed by atoms with E-state index in [2.05, 4.69) is 0 Å². The normalized spacial score (nSPS) is 0. The van der Waals surface area contributed by atoms with Crippen LogP contribution in [0.3, 0.4) is 0 Å². The molecule has 0 aliphatic heterocycles. The van der Waals surface area contributed by atoms with E-state index in [1.165, 1.54) is 0 Å². The fourth-order valence-electron chi connectivity index (χ4n) is 0. The summed E-state index contributed by atoms with van der Waals surface area (Å²) >= 11 is 0. The fourth-order valence-corrected chi connectivity index (χ4v) is 0. The van der Waals surface area contributed by atoms with E-state index < -0.39 is 0 Å². The molecule has 0 fully saturated rings. The van der Waals surface area contributed by atoms with E-state index in [4.69, 9.17) is 0 Å². The third-order valence-electron chi connectivity index (χ3n) is 0. The van der Waals surface area contributed by atoms with Gasteiger partial charge in [-0.25, -0.2) is 0 Å². The van der Waals surface area contributed by atoms with Crippen LogP contribution >= 0.6 is 0 Å². The average molecular weight is 1020 g/mol. The van der Waals surface area contributed by atoms with Gasteiger partial charge in [0.1, 0.15) is 0 Å². The average Bonchev–Trinajstić information content (AvgIpc) is 0. The van der Waals surface area contributed by atoms with Crippen molar-refractivity contribution < 1.29 is 93.3 Å². The van der Waals surface area contributed by atoms with Gasteiger partial charge in [0.25, 0.3) is 0 Å². The molecule has 0 saturated heterocycles. The van der Waals surface area contributed by atoms with E-state index in [1.807, 2.05) is 0 Å². The third kappa shape index (κ3) is 34.7. The molecule has 0 heterocycles. The summed E-state index contributed by atoms with van der Waals surface area (Å²) in [5.41, 5.74) is 0. The van der Waals surface area contributed by atoms with Crippen molar-refractivity contribution in [2.24, 2.45) is 0 Å². The van der Waals surface area contributed by atoms with Crippen LogP contribution in [0.2, 0.25) is 0 Å². The van der Waals surface area contributed by atoms with E-state index >= 15 is 0 Å². The van der Waals surface area contributed by atoms with Gasteiger partial charge in [-0.05, 0) is 0 Å². The van der Waals surface area contributed by atoms with E-state index in [0.717, 1.165) is 0 Å². The van der Waals surface area contributed by atoms with Gasteiger partial charge in [-0.1, -0.05) is 0 Å². The quantitative estimate of drug-likeness (QED) is 0.213. The SMILES string of the molecule is [GeH4].[GeH4].[GeH4].[GeH4].[U].[U].[U]. The molecule has 0 unspecified atom stereocenters. The van der Waals surface area contributed by atoms with Crippen molar-refractivity contribution in [3.8, 4) is 0 Å². The Morgan fingerprint density at radius 1 is 0.286 bits per heavy atom. The van der Waals surface area contributed by atoms with Crippen molar-refractivity contribution in [3.63, 3.8) is 0 Å². The van der Waals surface area contributed by atoms with E-state index in [1.54, 1.807) is 0 Å². The van der Waals surface area contributed by atoms with Gasteiger partial charge in [-0.15, -0.1) is 0 Å². The van der Waals surface area contributed by atoms with Crippen LogP contribution in [0.1, 0.15) is 0 Å². The molecule has 7 heteroatoms. The Hall–Kier alpha value is 5.33. The Morgan fingerprint density at radius 2 is 0.286 bits per heavy atom. The van der Waals surface area contributed by atoms with Gasteiger partial charge in [0.05, 0.1) is 0 Å². The Balaban J connectivity index is 0. The second-order valence-electron chi connectivity index (χ2n) is 0. The van der Waals surface area contributed by atoms with Crippen LogP contribution in [0.4, 0.5) is 0 Å². The summed E-state index contributed by atoms with van der Waals surface area (Å²) in [4.78, 5) is 0. The molecule has 0 saturated carbocycles. The molecule has 0 amide bonds. The van der Waals surface area contributed by atoms with Gasteiger partial charge in [0, 0.05) is 93.3 Å². The largest absolute Gasteiger partial charge is 0 e. The zero-order valence-electron chi connectivity index (χ0n) is 1.50. The molecule has 0 N–H and O–H groups in total. The molecule has 44 valence electrons. The van der Waals surface area contributed by atoms with Crippen molar-refractivity contribution in [2.75, 3.05) is 0 Å². The van der Waals surface area contributed by atoms with Crippen LogP contribution in [-0.4, -0.2) is 70.4 Å². The summed E-state index contributed by atoms with van der Waals surface area (Å²) in [7, 11) is 0. The van der Waals surface area contributed by atoms with Crippen molar-refractivity contribution in [3.05, 3.63) is 0 Å². The zero-order chi connectivity index (χ0) is 0. The monoisotopic (exact) mass is 1030 g/mol. The smallest absolute Gasteiger partial charge is 0 e. The maximum Gasteiger partial charge on any atom is 0 e. The van der Waals surface area contributed by atoms with Gasteiger partial charge in [-0.2, -0.15) is 0 Å². The van der Waals surface area contributed by atoms with E-state index in [-0.39, 0.29) is 164 Å². The van der Waals surface area contributed by atoms with E-state index in [9.17, 15) is 0 Å². The molecular weight excluding hydrogens is 1000 g/mol. The van der Waals surface area contributed by atoms with Gasteiger partial charge in [-0.3, -0.25) is 0 Å². The topological polar surface area (TPSA) is 0 Å². The van der Waals surface area contributed by atoms with Gasteiger partial charge in [0.15, 0.2) is 0 Å². The van der Waals surface area contributed by atoms with Gasteiger partial charge in [0.2, 0.25) is 0 Å². The van der Waals surface area contributed by atoms with Crippen molar-refractivity contribution in [1.29, 1.82) is 0 Å². The Morgan fingerprint density at radius 3 is 0.286 bits per heavy atom. The van der Waals surface area contributed by atoms with Crippen LogP contribution in [0.25, 0.3) is 0 Å². The molecular formula is H16Ge4U3. The first-order valence-corrected chi connectivity index (χ1v) is 0. The molecule has 0 aromatic heterocycles. The fraction of sp³-hybridized carbons (Fsp3) is 0. The summed E-state index contributed by atoms with van der Waals surface area (Å²) < 4.78 is 0.